The minimum Gasteiger partial charge on any atom is -0.496 e. The summed E-state index contributed by atoms with van der Waals surface area (Å²) in [5, 5.41) is 2.50. The Kier molecular flexibility index (Phi) is 7.75. The van der Waals surface area contributed by atoms with Crippen molar-refractivity contribution in [2.24, 2.45) is 0 Å². The van der Waals surface area contributed by atoms with Crippen molar-refractivity contribution in [3.05, 3.63) is 22.2 Å². The van der Waals surface area contributed by atoms with E-state index in [2.05, 4.69) is 26.0 Å². The molecular formula is C16H20BrNO9S. The molecule has 2 rings (SSSR count). The average Bonchev–Trinajstić information content (AvgIpc) is 2.60. The molecule has 1 heterocycles. The van der Waals surface area contributed by atoms with E-state index in [1.54, 1.807) is 19.2 Å². The number of amides is 1. The highest BCUT2D eigenvalue weighted by Crippen LogP contribution is 2.32. The van der Waals surface area contributed by atoms with Crippen LogP contribution in [0.5, 0.6) is 11.5 Å². The Balaban J connectivity index is 1.67. The van der Waals surface area contributed by atoms with Crippen molar-refractivity contribution in [2.75, 3.05) is 39.1 Å². The fourth-order valence-electron chi connectivity index (χ4n) is 2.36. The van der Waals surface area contributed by atoms with Gasteiger partial charge in [-0.25, -0.2) is 18.0 Å². The van der Waals surface area contributed by atoms with Crippen LogP contribution in [0.2, 0.25) is 0 Å². The fraction of sp³-hybridized carbons (Fsp3) is 0.500. The Morgan fingerprint density at radius 2 is 1.82 bits per heavy atom. The third-order valence-electron chi connectivity index (χ3n) is 3.73. The van der Waals surface area contributed by atoms with Crippen LogP contribution in [-0.2, 0) is 30.5 Å². The van der Waals surface area contributed by atoms with Crippen LogP contribution in [0.4, 0.5) is 9.59 Å². The number of sulfone groups is 1. The molecule has 0 bridgehead atoms. The Hall–Kier alpha value is -2.21. The van der Waals surface area contributed by atoms with Crippen molar-refractivity contribution in [1.29, 1.82) is 0 Å². The number of hydrogen-bond donors (Lipinski definition) is 1. The van der Waals surface area contributed by atoms with Crippen molar-refractivity contribution < 1.29 is 41.7 Å². The molecule has 1 aromatic rings. The van der Waals surface area contributed by atoms with Crippen LogP contribution in [0.15, 0.2) is 16.6 Å². The van der Waals surface area contributed by atoms with Crippen LogP contribution in [-0.4, -0.2) is 65.8 Å². The smallest absolute Gasteiger partial charge is 0.496 e. The number of halogens is 1. The lowest BCUT2D eigenvalue weighted by Crippen LogP contribution is -2.44. The lowest BCUT2D eigenvalue weighted by atomic mass is 10.1. The maximum absolute atomic E-state index is 11.6. The summed E-state index contributed by atoms with van der Waals surface area (Å²) >= 11 is 3.37. The first kappa shape index (κ1) is 22.1. The number of carbonyl (C=O) groups excluding carboxylic acids is 2. The molecule has 28 heavy (non-hydrogen) atoms. The Bertz CT molecular complexity index is 816. The zero-order valence-corrected chi connectivity index (χ0v) is 17.6. The second-order valence-corrected chi connectivity index (χ2v) is 8.74. The van der Waals surface area contributed by atoms with Crippen LogP contribution in [0.1, 0.15) is 5.56 Å². The lowest BCUT2D eigenvalue weighted by Gasteiger charge is -2.24. The predicted octanol–water partition coefficient (Wildman–Crippen LogP) is 1.64. The molecule has 1 N–H and O–H groups in total. The third-order valence-corrected chi connectivity index (χ3v) is 6.11. The van der Waals surface area contributed by atoms with Gasteiger partial charge < -0.3 is 29.0 Å². The first-order valence-electron chi connectivity index (χ1n) is 8.09. The van der Waals surface area contributed by atoms with Gasteiger partial charge in [-0.1, -0.05) is 0 Å². The van der Waals surface area contributed by atoms with Gasteiger partial charge in [-0.05, 0) is 40.0 Å². The van der Waals surface area contributed by atoms with E-state index in [0.29, 0.717) is 17.9 Å². The molecule has 1 aliphatic rings. The molecule has 12 heteroatoms. The van der Waals surface area contributed by atoms with Gasteiger partial charge in [-0.3, -0.25) is 0 Å². The number of methoxy groups -OCH3 is 2. The second kappa shape index (κ2) is 9.82. The van der Waals surface area contributed by atoms with Gasteiger partial charge in [0.2, 0.25) is 6.79 Å². The van der Waals surface area contributed by atoms with E-state index in [0.717, 1.165) is 10.0 Å². The van der Waals surface area contributed by atoms with Gasteiger partial charge in [0.15, 0.2) is 9.84 Å². The van der Waals surface area contributed by atoms with Crippen molar-refractivity contribution in [3.8, 4) is 11.5 Å². The summed E-state index contributed by atoms with van der Waals surface area (Å²) in [6.07, 6.45) is -2.16. The SMILES string of the molecule is COc1cc(CCNC(=O)OCOC(=O)OC2CS(=O)(=O)C2)c(OC)cc1Br. The van der Waals surface area contributed by atoms with Crippen molar-refractivity contribution in [2.45, 2.75) is 12.5 Å². The molecule has 0 saturated carbocycles. The van der Waals surface area contributed by atoms with Crippen LogP contribution in [0.25, 0.3) is 0 Å². The van der Waals surface area contributed by atoms with Crippen LogP contribution in [0.3, 0.4) is 0 Å². The quantitative estimate of drug-likeness (QED) is 0.435. The highest BCUT2D eigenvalue weighted by Gasteiger charge is 2.36. The first-order chi connectivity index (χ1) is 13.2. The first-order valence-corrected chi connectivity index (χ1v) is 10.7. The number of benzene rings is 1. The van der Waals surface area contributed by atoms with Gasteiger partial charge in [0.25, 0.3) is 0 Å². The largest absolute Gasteiger partial charge is 0.511 e. The molecule has 1 aliphatic heterocycles. The molecule has 1 amide bonds. The van der Waals surface area contributed by atoms with Crippen LogP contribution in [0, 0.1) is 0 Å². The molecule has 1 saturated heterocycles. The van der Waals surface area contributed by atoms with Gasteiger partial charge in [0, 0.05) is 6.54 Å². The van der Waals surface area contributed by atoms with E-state index < -0.39 is 35.0 Å². The van der Waals surface area contributed by atoms with Gasteiger partial charge >= 0.3 is 12.2 Å². The van der Waals surface area contributed by atoms with Crippen LogP contribution < -0.4 is 14.8 Å². The second-order valence-electron chi connectivity index (χ2n) is 5.74. The number of carbonyl (C=O) groups is 2. The maximum atomic E-state index is 11.6. The molecule has 0 unspecified atom stereocenters. The molecule has 0 aliphatic carbocycles. The Labute approximate surface area is 170 Å². The number of ether oxygens (including phenoxy) is 5. The minimum absolute atomic E-state index is 0.228. The molecule has 1 fully saturated rings. The number of hydrogen-bond acceptors (Lipinski definition) is 9. The summed E-state index contributed by atoms with van der Waals surface area (Å²) in [6.45, 7) is -0.413. The van der Waals surface area contributed by atoms with Crippen molar-refractivity contribution in [1.82, 2.24) is 5.32 Å². The highest BCUT2D eigenvalue weighted by atomic mass is 79.9. The van der Waals surface area contributed by atoms with Gasteiger partial charge in [0.1, 0.15) is 17.6 Å². The molecule has 0 aromatic heterocycles. The number of rotatable bonds is 8. The normalized spacial score (nSPS) is 15.1. The molecule has 0 spiro atoms. The van der Waals surface area contributed by atoms with Gasteiger partial charge in [0.05, 0.1) is 30.2 Å². The lowest BCUT2D eigenvalue weighted by molar-refractivity contribution is -0.0251. The summed E-state index contributed by atoms with van der Waals surface area (Å²) in [5.41, 5.74) is 0.818. The average molecular weight is 482 g/mol. The standard InChI is InChI=1S/C16H20BrNO9S/c1-23-13-6-12(17)14(24-2)5-10(13)3-4-18-15(19)25-9-26-16(20)27-11-7-28(21,22)8-11/h5-6,11H,3-4,7-9H2,1-2H3,(H,18,19). The monoisotopic (exact) mass is 481 g/mol. The van der Waals surface area contributed by atoms with Crippen molar-refractivity contribution >= 4 is 38.0 Å². The molecule has 0 atom stereocenters. The zero-order valence-electron chi connectivity index (χ0n) is 15.2. The maximum Gasteiger partial charge on any atom is 0.511 e. The molecule has 10 nitrogen and oxygen atoms in total. The molecule has 0 radical (unpaired) electrons. The number of alkyl carbamates (subject to hydrolysis) is 1. The fourth-order valence-corrected chi connectivity index (χ4v) is 4.01. The molecule has 156 valence electrons. The van der Waals surface area contributed by atoms with Crippen molar-refractivity contribution in [3.63, 3.8) is 0 Å². The topological polar surface area (TPSA) is 126 Å². The van der Waals surface area contributed by atoms with Gasteiger partial charge in [-0.15, -0.1) is 0 Å². The third kappa shape index (κ3) is 6.44. The van der Waals surface area contributed by atoms with Crippen LogP contribution >= 0.6 is 15.9 Å². The van der Waals surface area contributed by atoms with E-state index in [1.807, 2.05) is 0 Å². The summed E-state index contributed by atoms with van der Waals surface area (Å²) in [5.74, 6) is 0.804. The van der Waals surface area contributed by atoms with E-state index in [1.165, 1.54) is 7.11 Å². The van der Waals surface area contributed by atoms with E-state index in [9.17, 15) is 18.0 Å². The zero-order chi connectivity index (χ0) is 20.7. The summed E-state index contributed by atoms with van der Waals surface area (Å²) in [4.78, 5) is 22.9. The van der Waals surface area contributed by atoms with E-state index >= 15 is 0 Å². The Morgan fingerprint density at radius 3 is 2.43 bits per heavy atom. The summed E-state index contributed by atoms with van der Waals surface area (Å²) < 4.78 is 47.1. The summed E-state index contributed by atoms with van der Waals surface area (Å²) in [7, 11) is -0.0239. The molecular weight excluding hydrogens is 462 g/mol. The summed E-state index contributed by atoms with van der Waals surface area (Å²) in [6, 6.07) is 3.55. The van der Waals surface area contributed by atoms with Gasteiger partial charge in [-0.2, -0.15) is 0 Å². The molecule has 1 aromatic carbocycles. The Morgan fingerprint density at radius 1 is 1.14 bits per heavy atom. The highest BCUT2D eigenvalue weighted by molar-refractivity contribution is 9.10. The van der Waals surface area contributed by atoms with E-state index in [-0.39, 0.29) is 18.1 Å². The predicted molar refractivity (Wildman–Crippen MR) is 100 cm³/mol. The van der Waals surface area contributed by atoms with E-state index in [4.69, 9.17) is 18.9 Å². The number of nitrogens with one attached hydrogen (secondary N) is 1. The minimum atomic E-state index is -3.10.